The van der Waals surface area contributed by atoms with E-state index in [1.807, 2.05) is 39.0 Å². The van der Waals surface area contributed by atoms with Crippen molar-refractivity contribution in [3.63, 3.8) is 0 Å². The van der Waals surface area contributed by atoms with Crippen molar-refractivity contribution >= 4 is 21.8 Å². The molecule has 0 saturated heterocycles. The molecule has 0 atom stereocenters. The molecule has 0 saturated carbocycles. The minimum Gasteiger partial charge on any atom is -0.483 e. The van der Waals surface area contributed by atoms with Gasteiger partial charge >= 0.3 is 0 Å². The summed E-state index contributed by atoms with van der Waals surface area (Å²) in [6, 6.07) is 5.97. The second-order valence-electron chi connectivity index (χ2n) is 4.32. The Labute approximate surface area is 111 Å². The molecule has 0 unspecified atom stereocenters. The average Bonchev–Trinajstić information content (AvgIpc) is 2.26. The van der Waals surface area contributed by atoms with Crippen LogP contribution in [0.2, 0.25) is 0 Å². The van der Waals surface area contributed by atoms with Crippen LogP contribution < -0.4 is 4.74 Å². The maximum Gasteiger partial charge on any atom is 0.260 e. The Morgan fingerprint density at radius 3 is 2.65 bits per heavy atom. The van der Waals surface area contributed by atoms with Crippen LogP contribution in [-0.4, -0.2) is 30.5 Å². The van der Waals surface area contributed by atoms with Crippen LogP contribution in [0.3, 0.4) is 0 Å². The molecule has 1 aromatic carbocycles. The number of benzene rings is 1. The summed E-state index contributed by atoms with van der Waals surface area (Å²) >= 11 is 3.41. The van der Waals surface area contributed by atoms with Gasteiger partial charge in [0.1, 0.15) is 5.75 Å². The van der Waals surface area contributed by atoms with Crippen molar-refractivity contribution in [2.45, 2.75) is 26.8 Å². The molecule has 3 nitrogen and oxygen atoms in total. The maximum absolute atomic E-state index is 11.7. The van der Waals surface area contributed by atoms with E-state index in [1.165, 1.54) is 0 Å². The van der Waals surface area contributed by atoms with Crippen LogP contribution in [0.1, 0.15) is 19.4 Å². The van der Waals surface area contributed by atoms with Gasteiger partial charge in [0.15, 0.2) is 6.61 Å². The van der Waals surface area contributed by atoms with Crippen LogP contribution in [0.15, 0.2) is 22.7 Å². The van der Waals surface area contributed by atoms with Crippen molar-refractivity contribution in [3.8, 4) is 5.75 Å². The number of carbonyl (C=O) groups excluding carboxylic acids is 1. The summed E-state index contributed by atoms with van der Waals surface area (Å²) in [5.41, 5.74) is 1.15. The lowest BCUT2D eigenvalue weighted by molar-refractivity contribution is -0.133. The summed E-state index contributed by atoms with van der Waals surface area (Å²) < 4.78 is 6.36. The molecule has 1 aromatic rings. The molecule has 0 aliphatic heterocycles. The van der Waals surface area contributed by atoms with Crippen LogP contribution in [0.25, 0.3) is 0 Å². The Bertz CT molecular complexity index is 404. The Balaban J connectivity index is 2.59. The molecule has 94 valence electrons. The van der Waals surface area contributed by atoms with E-state index in [1.54, 1.807) is 11.9 Å². The summed E-state index contributed by atoms with van der Waals surface area (Å²) in [5.74, 6) is 0.675. The van der Waals surface area contributed by atoms with Gasteiger partial charge in [0.2, 0.25) is 0 Å². The van der Waals surface area contributed by atoms with Crippen molar-refractivity contribution in [2.24, 2.45) is 0 Å². The molecule has 1 amide bonds. The predicted octanol–water partition coefficient (Wildman–Crippen LogP) is 3.00. The summed E-state index contributed by atoms with van der Waals surface area (Å²) in [6.45, 7) is 6.02. The Morgan fingerprint density at radius 1 is 1.47 bits per heavy atom. The fourth-order valence-corrected chi connectivity index (χ4v) is 1.86. The average molecular weight is 300 g/mol. The molecule has 0 radical (unpaired) electrons. The fraction of sp³-hybridized carbons (Fsp3) is 0.462. The maximum atomic E-state index is 11.7. The highest BCUT2D eigenvalue weighted by Crippen LogP contribution is 2.25. The molecule has 0 heterocycles. The Hall–Kier alpha value is -1.03. The fourth-order valence-electron chi connectivity index (χ4n) is 1.25. The van der Waals surface area contributed by atoms with E-state index in [-0.39, 0.29) is 18.6 Å². The third-order valence-electron chi connectivity index (χ3n) is 2.61. The first-order valence-corrected chi connectivity index (χ1v) is 6.35. The number of amides is 1. The molecule has 0 spiro atoms. The first-order valence-electron chi connectivity index (χ1n) is 5.56. The number of aryl methyl sites for hydroxylation is 1. The van der Waals surface area contributed by atoms with Gasteiger partial charge in [0.05, 0.1) is 4.47 Å². The van der Waals surface area contributed by atoms with Gasteiger partial charge in [0.25, 0.3) is 5.91 Å². The van der Waals surface area contributed by atoms with Crippen molar-refractivity contribution in [3.05, 3.63) is 28.2 Å². The zero-order chi connectivity index (χ0) is 13.0. The van der Waals surface area contributed by atoms with E-state index in [4.69, 9.17) is 4.74 Å². The number of carbonyl (C=O) groups is 1. The molecule has 0 fully saturated rings. The molecule has 0 N–H and O–H groups in total. The van der Waals surface area contributed by atoms with Gasteiger partial charge in [-0.2, -0.15) is 0 Å². The van der Waals surface area contributed by atoms with Gasteiger partial charge < -0.3 is 9.64 Å². The zero-order valence-electron chi connectivity index (χ0n) is 10.7. The van der Waals surface area contributed by atoms with Crippen molar-refractivity contribution in [1.29, 1.82) is 0 Å². The lowest BCUT2D eigenvalue weighted by atomic mass is 10.2. The van der Waals surface area contributed by atoms with E-state index in [2.05, 4.69) is 15.9 Å². The first kappa shape index (κ1) is 14.0. The van der Waals surface area contributed by atoms with Gasteiger partial charge in [-0.15, -0.1) is 0 Å². The summed E-state index contributed by atoms with van der Waals surface area (Å²) in [5, 5.41) is 0. The minimum absolute atomic E-state index is 0.0209. The third kappa shape index (κ3) is 4.04. The van der Waals surface area contributed by atoms with Crippen molar-refractivity contribution < 1.29 is 9.53 Å². The number of nitrogens with zero attached hydrogens (tertiary/aromatic N) is 1. The van der Waals surface area contributed by atoms with Crippen LogP contribution in [0.5, 0.6) is 5.75 Å². The molecule has 0 aliphatic rings. The number of hydrogen-bond donors (Lipinski definition) is 0. The third-order valence-corrected chi connectivity index (χ3v) is 3.23. The number of halogens is 1. The second kappa shape index (κ2) is 6.05. The predicted molar refractivity (Wildman–Crippen MR) is 72.3 cm³/mol. The highest BCUT2D eigenvalue weighted by atomic mass is 79.9. The van der Waals surface area contributed by atoms with Crippen LogP contribution in [-0.2, 0) is 4.79 Å². The van der Waals surface area contributed by atoms with Crippen LogP contribution in [0, 0.1) is 6.92 Å². The van der Waals surface area contributed by atoms with E-state index < -0.39 is 0 Å². The Kier molecular flexibility index (Phi) is 5.00. The number of ether oxygens (including phenoxy) is 1. The molecule has 1 rings (SSSR count). The number of rotatable bonds is 4. The lowest BCUT2D eigenvalue weighted by Crippen LogP contribution is -2.36. The van der Waals surface area contributed by atoms with E-state index in [0.717, 1.165) is 10.0 Å². The minimum atomic E-state index is -0.0209. The van der Waals surface area contributed by atoms with Crippen LogP contribution in [0.4, 0.5) is 0 Å². The van der Waals surface area contributed by atoms with Crippen LogP contribution >= 0.6 is 15.9 Å². The molecule has 4 heteroatoms. The van der Waals surface area contributed by atoms with Crippen molar-refractivity contribution in [1.82, 2.24) is 4.90 Å². The number of hydrogen-bond acceptors (Lipinski definition) is 2. The summed E-state index contributed by atoms with van der Waals surface area (Å²) in [7, 11) is 1.78. The Morgan fingerprint density at radius 2 is 2.12 bits per heavy atom. The highest BCUT2D eigenvalue weighted by molar-refractivity contribution is 9.10. The quantitative estimate of drug-likeness (QED) is 0.855. The molecular formula is C13H18BrNO2. The molecule has 0 aliphatic carbocycles. The van der Waals surface area contributed by atoms with Gasteiger partial charge in [-0.1, -0.05) is 6.07 Å². The summed E-state index contributed by atoms with van der Waals surface area (Å²) in [4.78, 5) is 13.4. The molecule has 17 heavy (non-hydrogen) atoms. The molecule has 0 aromatic heterocycles. The molecular weight excluding hydrogens is 282 g/mol. The SMILES string of the molecule is Cc1ccc(OCC(=O)N(C)C(C)C)c(Br)c1. The van der Waals surface area contributed by atoms with E-state index in [0.29, 0.717) is 5.75 Å². The highest BCUT2D eigenvalue weighted by Gasteiger charge is 2.13. The topological polar surface area (TPSA) is 29.5 Å². The lowest BCUT2D eigenvalue weighted by Gasteiger charge is -2.21. The number of likely N-dealkylation sites (N-methyl/N-ethyl adjacent to an activating group) is 1. The second-order valence-corrected chi connectivity index (χ2v) is 5.18. The standard InChI is InChI=1S/C13H18BrNO2/c1-9(2)15(4)13(16)8-17-12-6-5-10(3)7-11(12)14/h5-7,9H,8H2,1-4H3. The smallest absolute Gasteiger partial charge is 0.260 e. The normalized spacial score (nSPS) is 10.5. The van der Waals surface area contributed by atoms with E-state index >= 15 is 0 Å². The van der Waals surface area contributed by atoms with Gasteiger partial charge in [-0.3, -0.25) is 4.79 Å². The van der Waals surface area contributed by atoms with Gasteiger partial charge in [-0.25, -0.2) is 0 Å². The van der Waals surface area contributed by atoms with Crippen molar-refractivity contribution in [2.75, 3.05) is 13.7 Å². The van der Waals surface area contributed by atoms with E-state index in [9.17, 15) is 4.79 Å². The first-order chi connectivity index (χ1) is 7.91. The molecule has 0 bridgehead atoms. The largest absolute Gasteiger partial charge is 0.483 e. The van der Waals surface area contributed by atoms with Gasteiger partial charge in [0, 0.05) is 13.1 Å². The van der Waals surface area contributed by atoms with Gasteiger partial charge in [-0.05, 0) is 54.4 Å². The zero-order valence-corrected chi connectivity index (χ0v) is 12.2. The monoisotopic (exact) mass is 299 g/mol. The summed E-state index contributed by atoms with van der Waals surface area (Å²) in [6.07, 6.45) is 0.